The fourth-order valence-corrected chi connectivity index (χ4v) is 5.57. The normalized spacial score (nSPS) is 35.2. The molecule has 4 heteroatoms. The van der Waals surface area contributed by atoms with Gasteiger partial charge >= 0.3 is 0 Å². The van der Waals surface area contributed by atoms with E-state index in [0.29, 0.717) is 0 Å². The third kappa shape index (κ3) is 3.34. The summed E-state index contributed by atoms with van der Waals surface area (Å²) < 4.78 is 6.27. The Hall–Kier alpha value is 0.230. The minimum atomic E-state index is 0.232. The molecule has 116 valence electrons. The number of likely N-dealkylation sites (tertiary alicyclic amines) is 1. The molecule has 2 atom stereocenters. The Morgan fingerprint density at radius 3 is 2.90 bits per heavy atom. The van der Waals surface area contributed by atoms with Crippen molar-refractivity contribution in [2.24, 2.45) is 0 Å². The van der Waals surface area contributed by atoms with E-state index in [1.54, 1.807) is 0 Å². The second kappa shape index (κ2) is 6.99. The number of nitrogens with one attached hydrogen (secondary N) is 1. The lowest BCUT2D eigenvalue weighted by atomic mass is 9.83. The molecule has 1 N–H and O–H groups in total. The van der Waals surface area contributed by atoms with Crippen molar-refractivity contribution in [3.05, 3.63) is 0 Å². The van der Waals surface area contributed by atoms with E-state index in [4.69, 9.17) is 4.74 Å². The maximum atomic E-state index is 6.27. The summed E-state index contributed by atoms with van der Waals surface area (Å²) in [5, 5.41) is 3.40. The van der Waals surface area contributed by atoms with Crippen molar-refractivity contribution in [1.82, 2.24) is 10.2 Å². The van der Waals surface area contributed by atoms with Gasteiger partial charge in [0.2, 0.25) is 0 Å². The molecule has 3 saturated heterocycles. The Morgan fingerprint density at radius 1 is 1.25 bits per heavy atom. The van der Waals surface area contributed by atoms with Gasteiger partial charge in [0.05, 0.1) is 5.60 Å². The third-order valence-corrected chi connectivity index (χ3v) is 6.44. The Bertz CT molecular complexity index is 299. The van der Waals surface area contributed by atoms with Crippen molar-refractivity contribution < 1.29 is 4.74 Å². The minimum Gasteiger partial charge on any atom is -0.375 e. The average Bonchev–Trinajstić information content (AvgIpc) is 2.49. The number of piperidine rings is 1. The molecule has 3 fully saturated rings. The van der Waals surface area contributed by atoms with Crippen LogP contribution in [0.25, 0.3) is 0 Å². The standard InChI is InChI=1S/C16H30N2OS/c1-17-13-15-4-2-3-8-18(15)14-5-9-19-16(12-14)6-10-20-11-7-16/h14-15,17H,2-13H2,1H3. The molecule has 0 aliphatic carbocycles. The average molecular weight is 298 g/mol. The fourth-order valence-electron chi connectivity index (χ4n) is 4.34. The van der Waals surface area contributed by atoms with Crippen LogP contribution in [-0.2, 0) is 4.74 Å². The van der Waals surface area contributed by atoms with E-state index in [-0.39, 0.29) is 5.60 Å². The number of ether oxygens (including phenoxy) is 1. The van der Waals surface area contributed by atoms with Gasteiger partial charge in [-0.2, -0.15) is 11.8 Å². The largest absolute Gasteiger partial charge is 0.375 e. The number of nitrogens with zero attached hydrogens (tertiary/aromatic N) is 1. The van der Waals surface area contributed by atoms with Gasteiger partial charge < -0.3 is 10.1 Å². The third-order valence-electron chi connectivity index (χ3n) is 5.45. The zero-order valence-electron chi connectivity index (χ0n) is 12.9. The Kier molecular flexibility index (Phi) is 5.29. The van der Waals surface area contributed by atoms with Crippen LogP contribution in [0.1, 0.15) is 44.9 Å². The molecule has 3 nitrogen and oxygen atoms in total. The predicted molar refractivity (Wildman–Crippen MR) is 86.5 cm³/mol. The lowest BCUT2D eigenvalue weighted by Gasteiger charge is -2.49. The number of thioether (sulfide) groups is 1. The molecule has 3 aliphatic rings. The van der Waals surface area contributed by atoms with Crippen LogP contribution in [0.4, 0.5) is 0 Å². The van der Waals surface area contributed by atoms with E-state index in [1.807, 2.05) is 0 Å². The molecular weight excluding hydrogens is 268 g/mol. The summed E-state index contributed by atoms with van der Waals surface area (Å²) in [6.45, 7) is 3.44. The van der Waals surface area contributed by atoms with Gasteiger partial charge in [-0.1, -0.05) is 6.42 Å². The summed E-state index contributed by atoms with van der Waals surface area (Å²) in [4.78, 5) is 2.83. The van der Waals surface area contributed by atoms with Crippen LogP contribution in [0.5, 0.6) is 0 Å². The first kappa shape index (κ1) is 15.1. The van der Waals surface area contributed by atoms with Gasteiger partial charge in [-0.25, -0.2) is 0 Å². The van der Waals surface area contributed by atoms with E-state index in [2.05, 4.69) is 29.0 Å². The maximum absolute atomic E-state index is 6.27. The lowest BCUT2D eigenvalue weighted by molar-refractivity contribution is -0.117. The van der Waals surface area contributed by atoms with Gasteiger partial charge in [0.1, 0.15) is 0 Å². The number of rotatable bonds is 3. The lowest BCUT2D eigenvalue weighted by Crippen LogP contribution is -2.56. The van der Waals surface area contributed by atoms with Crippen molar-refractivity contribution >= 4 is 11.8 Å². The highest BCUT2D eigenvalue weighted by Gasteiger charge is 2.41. The first-order chi connectivity index (χ1) is 9.83. The molecule has 3 aliphatic heterocycles. The Morgan fingerprint density at radius 2 is 2.10 bits per heavy atom. The monoisotopic (exact) mass is 298 g/mol. The molecule has 3 heterocycles. The van der Waals surface area contributed by atoms with E-state index < -0.39 is 0 Å². The first-order valence-corrected chi connectivity index (χ1v) is 9.60. The molecule has 1 spiro atoms. The van der Waals surface area contributed by atoms with Crippen LogP contribution >= 0.6 is 11.8 Å². The maximum Gasteiger partial charge on any atom is 0.0713 e. The molecule has 0 saturated carbocycles. The summed E-state index contributed by atoms with van der Waals surface area (Å²) in [6, 6.07) is 1.53. The van der Waals surface area contributed by atoms with Crippen LogP contribution in [-0.4, -0.2) is 60.8 Å². The van der Waals surface area contributed by atoms with E-state index >= 15 is 0 Å². The molecule has 0 amide bonds. The molecule has 2 unspecified atom stereocenters. The van der Waals surface area contributed by atoms with Crippen molar-refractivity contribution in [1.29, 1.82) is 0 Å². The molecule has 0 aromatic carbocycles. The van der Waals surface area contributed by atoms with Crippen molar-refractivity contribution in [3.8, 4) is 0 Å². The van der Waals surface area contributed by atoms with Crippen molar-refractivity contribution in [2.45, 2.75) is 62.6 Å². The van der Waals surface area contributed by atoms with Crippen LogP contribution in [0, 0.1) is 0 Å². The van der Waals surface area contributed by atoms with Gasteiger partial charge in [-0.05, 0) is 63.6 Å². The Balaban J connectivity index is 1.65. The van der Waals surface area contributed by atoms with Gasteiger partial charge in [-0.3, -0.25) is 4.90 Å². The highest BCUT2D eigenvalue weighted by atomic mass is 32.2. The van der Waals surface area contributed by atoms with Crippen molar-refractivity contribution in [2.75, 3.05) is 38.2 Å². The summed E-state index contributed by atoms with van der Waals surface area (Å²) in [6.07, 6.45) is 9.26. The predicted octanol–water partition coefficient (Wildman–Crippen LogP) is 2.51. The molecular formula is C16H30N2OS. The van der Waals surface area contributed by atoms with Gasteiger partial charge in [0.25, 0.3) is 0 Å². The molecule has 0 aromatic heterocycles. The number of likely N-dealkylation sites (N-methyl/N-ethyl adjacent to an activating group) is 1. The second-order valence-electron chi connectivity index (χ2n) is 6.74. The number of hydrogen-bond donors (Lipinski definition) is 1. The van der Waals surface area contributed by atoms with E-state index in [0.717, 1.165) is 25.2 Å². The number of hydrogen-bond acceptors (Lipinski definition) is 4. The first-order valence-electron chi connectivity index (χ1n) is 8.45. The SMILES string of the molecule is CNCC1CCCCN1C1CCOC2(CCSCC2)C1. The molecule has 0 aromatic rings. The quantitative estimate of drug-likeness (QED) is 0.865. The summed E-state index contributed by atoms with van der Waals surface area (Å²) >= 11 is 2.10. The van der Waals surface area contributed by atoms with Crippen molar-refractivity contribution in [3.63, 3.8) is 0 Å². The highest BCUT2D eigenvalue weighted by Crippen LogP contribution is 2.40. The second-order valence-corrected chi connectivity index (χ2v) is 7.96. The fraction of sp³-hybridized carbons (Fsp3) is 1.00. The summed E-state index contributed by atoms with van der Waals surface area (Å²) in [5.74, 6) is 2.60. The zero-order valence-corrected chi connectivity index (χ0v) is 13.7. The van der Waals surface area contributed by atoms with E-state index in [1.165, 1.54) is 63.0 Å². The molecule has 0 radical (unpaired) electrons. The Labute approximate surface area is 128 Å². The van der Waals surface area contributed by atoms with Crippen LogP contribution in [0.15, 0.2) is 0 Å². The smallest absolute Gasteiger partial charge is 0.0713 e. The van der Waals surface area contributed by atoms with E-state index in [9.17, 15) is 0 Å². The highest BCUT2D eigenvalue weighted by molar-refractivity contribution is 7.99. The summed E-state index contributed by atoms with van der Waals surface area (Å²) in [5.41, 5.74) is 0.232. The van der Waals surface area contributed by atoms with Crippen LogP contribution in [0.2, 0.25) is 0 Å². The topological polar surface area (TPSA) is 24.5 Å². The van der Waals surface area contributed by atoms with Crippen LogP contribution in [0.3, 0.4) is 0 Å². The zero-order chi connectivity index (χ0) is 13.8. The molecule has 3 rings (SSSR count). The van der Waals surface area contributed by atoms with Crippen LogP contribution < -0.4 is 5.32 Å². The summed E-state index contributed by atoms with van der Waals surface area (Å²) in [7, 11) is 2.09. The van der Waals surface area contributed by atoms with Gasteiger partial charge in [-0.15, -0.1) is 0 Å². The molecule has 0 bridgehead atoms. The minimum absolute atomic E-state index is 0.232. The van der Waals surface area contributed by atoms with Gasteiger partial charge in [0, 0.05) is 25.2 Å². The molecule has 20 heavy (non-hydrogen) atoms. The van der Waals surface area contributed by atoms with Gasteiger partial charge in [0.15, 0.2) is 0 Å².